The molecule has 0 amide bonds. The molecular weight excluding hydrogens is 212 g/mol. The van der Waals surface area contributed by atoms with Crippen molar-refractivity contribution < 1.29 is 4.74 Å². The summed E-state index contributed by atoms with van der Waals surface area (Å²) < 4.78 is 5.38. The van der Waals surface area contributed by atoms with Crippen LogP contribution in [0, 0.1) is 0 Å². The van der Waals surface area contributed by atoms with E-state index in [1.54, 1.807) is 0 Å². The van der Waals surface area contributed by atoms with Crippen molar-refractivity contribution in [2.45, 2.75) is 19.4 Å². The number of morpholine rings is 1. The predicted octanol–water partition coefficient (Wildman–Crippen LogP) is 1.58. The topological polar surface area (TPSA) is 38.5 Å². The van der Waals surface area contributed by atoms with Crippen molar-refractivity contribution in [1.29, 1.82) is 0 Å². The van der Waals surface area contributed by atoms with E-state index in [2.05, 4.69) is 36.1 Å². The van der Waals surface area contributed by atoms with Crippen molar-refractivity contribution in [2.75, 3.05) is 32.8 Å². The van der Waals surface area contributed by atoms with Gasteiger partial charge in [0.1, 0.15) is 0 Å². The molecule has 1 heterocycles. The normalized spacial score (nSPS) is 19.2. The third kappa shape index (κ3) is 3.06. The average molecular weight is 234 g/mol. The molecule has 0 bridgehead atoms. The van der Waals surface area contributed by atoms with Gasteiger partial charge in [-0.1, -0.05) is 31.2 Å². The molecule has 0 saturated carbocycles. The van der Waals surface area contributed by atoms with Gasteiger partial charge < -0.3 is 10.5 Å². The van der Waals surface area contributed by atoms with Crippen LogP contribution in [0.5, 0.6) is 0 Å². The zero-order valence-corrected chi connectivity index (χ0v) is 10.6. The molecule has 3 heteroatoms. The molecule has 2 N–H and O–H groups in total. The highest BCUT2D eigenvalue weighted by Crippen LogP contribution is 2.21. The molecule has 2 rings (SSSR count). The molecule has 94 valence electrons. The predicted molar refractivity (Wildman–Crippen MR) is 70.0 cm³/mol. The van der Waals surface area contributed by atoms with E-state index in [-0.39, 0.29) is 0 Å². The minimum Gasteiger partial charge on any atom is -0.379 e. The Balaban J connectivity index is 2.10. The van der Waals surface area contributed by atoms with Crippen LogP contribution >= 0.6 is 0 Å². The molecule has 1 atom stereocenters. The summed E-state index contributed by atoms with van der Waals surface area (Å²) >= 11 is 0. The maximum absolute atomic E-state index is 5.92. The second-order valence-electron chi connectivity index (χ2n) is 4.49. The SMILES string of the molecule is CCc1ccc(C(CN)N2CCOCC2)cc1. The standard InChI is InChI=1S/C14H22N2O/c1-2-12-3-5-13(6-4-12)14(11-15)16-7-9-17-10-8-16/h3-6,14H,2,7-11,15H2,1H3. The van der Waals surface area contributed by atoms with Crippen molar-refractivity contribution in [3.8, 4) is 0 Å². The number of hydrogen-bond acceptors (Lipinski definition) is 3. The number of rotatable bonds is 4. The Morgan fingerprint density at radius 3 is 2.41 bits per heavy atom. The minimum atomic E-state index is 0.338. The van der Waals surface area contributed by atoms with Crippen LogP contribution < -0.4 is 5.73 Å². The van der Waals surface area contributed by atoms with Crippen molar-refractivity contribution >= 4 is 0 Å². The second kappa shape index (κ2) is 6.15. The molecule has 0 spiro atoms. The maximum atomic E-state index is 5.92. The van der Waals surface area contributed by atoms with Gasteiger partial charge >= 0.3 is 0 Å². The fourth-order valence-electron chi connectivity index (χ4n) is 2.36. The van der Waals surface area contributed by atoms with E-state index in [0.717, 1.165) is 32.7 Å². The van der Waals surface area contributed by atoms with Gasteiger partial charge in [-0.05, 0) is 17.5 Å². The summed E-state index contributed by atoms with van der Waals surface area (Å²) in [6.07, 6.45) is 1.09. The van der Waals surface area contributed by atoms with Crippen LogP contribution in [0.25, 0.3) is 0 Å². The maximum Gasteiger partial charge on any atom is 0.0594 e. The van der Waals surface area contributed by atoms with Crippen molar-refractivity contribution in [3.63, 3.8) is 0 Å². The van der Waals surface area contributed by atoms with Gasteiger partial charge in [-0.15, -0.1) is 0 Å². The lowest BCUT2D eigenvalue weighted by Crippen LogP contribution is -2.41. The quantitative estimate of drug-likeness (QED) is 0.859. The van der Waals surface area contributed by atoms with E-state index in [4.69, 9.17) is 10.5 Å². The summed E-state index contributed by atoms with van der Waals surface area (Å²) in [5, 5.41) is 0. The Bertz CT molecular complexity index is 331. The number of nitrogens with two attached hydrogens (primary N) is 1. The first kappa shape index (κ1) is 12.6. The number of hydrogen-bond donors (Lipinski definition) is 1. The van der Waals surface area contributed by atoms with Gasteiger partial charge in [-0.2, -0.15) is 0 Å². The smallest absolute Gasteiger partial charge is 0.0594 e. The zero-order valence-electron chi connectivity index (χ0n) is 10.6. The first-order chi connectivity index (χ1) is 8.35. The van der Waals surface area contributed by atoms with Crippen LogP contribution in [-0.2, 0) is 11.2 Å². The van der Waals surface area contributed by atoms with Crippen LogP contribution in [0.2, 0.25) is 0 Å². The number of aryl methyl sites for hydroxylation is 1. The zero-order chi connectivity index (χ0) is 12.1. The van der Waals surface area contributed by atoms with E-state index in [9.17, 15) is 0 Å². The highest BCUT2D eigenvalue weighted by molar-refractivity contribution is 5.25. The third-order valence-electron chi connectivity index (χ3n) is 3.48. The molecule has 1 aliphatic rings. The summed E-state index contributed by atoms with van der Waals surface area (Å²) in [4.78, 5) is 2.42. The molecule has 1 saturated heterocycles. The summed E-state index contributed by atoms with van der Waals surface area (Å²) in [5.74, 6) is 0. The van der Waals surface area contributed by atoms with Gasteiger partial charge in [0, 0.05) is 25.7 Å². The van der Waals surface area contributed by atoms with E-state index in [1.165, 1.54) is 11.1 Å². The Morgan fingerprint density at radius 2 is 1.88 bits per heavy atom. The Kier molecular flexibility index (Phi) is 4.54. The van der Waals surface area contributed by atoms with Crippen LogP contribution in [0.15, 0.2) is 24.3 Å². The molecule has 1 aliphatic heterocycles. The molecule has 3 nitrogen and oxygen atoms in total. The molecular formula is C14H22N2O. The van der Waals surface area contributed by atoms with Crippen LogP contribution in [-0.4, -0.2) is 37.7 Å². The highest BCUT2D eigenvalue weighted by atomic mass is 16.5. The average Bonchev–Trinajstić information content (AvgIpc) is 2.42. The van der Waals surface area contributed by atoms with Gasteiger partial charge in [0.15, 0.2) is 0 Å². The number of ether oxygens (including phenoxy) is 1. The molecule has 17 heavy (non-hydrogen) atoms. The lowest BCUT2D eigenvalue weighted by molar-refractivity contribution is 0.0179. The first-order valence-corrected chi connectivity index (χ1v) is 6.46. The molecule has 0 radical (unpaired) electrons. The Hall–Kier alpha value is -0.900. The lowest BCUT2D eigenvalue weighted by Gasteiger charge is -2.34. The van der Waals surface area contributed by atoms with Crippen molar-refractivity contribution in [1.82, 2.24) is 4.90 Å². The van der Waals surface area contributed by atoms with Gasteiger partial charge in [0.05, 0.1) is 13.2 Å². The Morgan fingerprint density at radius 1 is 1.24 bits per heavy atom. The first-order valence-electron chi connectivity index (χ1n) is 6.46. The van der Waals surface area contributed by atoms with Gasteiger partial charge in [0.2, 0.25) is 0 Å². The van der Waals surface area contributed by atoms with Crippen molar-refractivity contribution in [2.24, 2.45) is 5.73 Å². The molecule has 1 aromatic carbocycles. The van der Waals surface area contributed by atoms with Crippen LogP contribution in [0.3, 0.4) is 0 Å². The van der Waals surface area contributed by atoms with E-state index >= 15 is 0 Å². The van der Waals surface area contributed by atoms with Gasteiger partial charge in [-0.25, -0.2) is 0 Å². The molecule has 0 aliphatic carbocycles. The number of nitrogens with zero attached hydrogens (tertiary/aromatic N) is 1. The monoisotopic (exact) mass is 234 g/mol. The Labute approximate surface area is 104 Å². The third-order valence-corrected chi connectivity index (χ3v) is 3.48. The fourth-order valence-corrected chi connectivity index (χ4v) is 2.36. The van der Waals surface area contributed by atoms with Crippen molar-refractivity contribution in [3.05, 3.63) is 35.4 Å². The van der Waals surface area contributed by atoms with E-state index in [0.29, 0.717) is 12.6 Å². The molecule has 1 unspecified atom stereocenters. The molecule has 1 aromatic rings. The summed E-state index contributed by atoms with van der Waals surface area (Å²) in [7, 11) is 0. The summed E-state index contributed by atoms with van der Waals surface area (Å²) in [5.41, 5.74) is 8.63. The highest BCUT2D eigenvalue weighted by Gasteiger charge is 2.20. The lowest BCUT2D eigenvalue weighted by atomic mass is 10.0. The van der Waals surface area contributed by atoms with E-state index in [1.807, 2.05) is 0 Å². The summed E-state index contributed by atoms with van der Waals surface area (Å²) in [6, 6.07) is 9.18. The van der Waals surface area contributed by atoms with Gasteiger partial charge in [0.25, 0.3) is 0 Å². The minimum absolute atomic E-state index is 0.338. The molecule has 1 fully saturated rings. The van der Waals surface area contributed by atoms with E-state index < -0.39 is 0 Å². The largest absolute Gasteiger partial charge is 0.379 e. The van der Waals surface area contributed by atoms with Crippen LogP contribution in [0.1, 0.15) is 24.1 Å². The summed E-state index contributed by atoms with van der Waals surface area (Å²) in [6.45, 7) is 6.46. The fraction of sp³-hybridized carbons (Fsp3) is 0.571. The van der Waals surface area contributed by atoms with Gasteiger partial charge in [-0.3, -0.25) is 4.90 Å². The molecule has 0 aromatic heterocycles. The van der Waals surface area contributed by atoms with Crippen LogP contribution in [0.4, 0.5) is 0 Å². The number of benzene rings is 1. The second-order valence-corrected chi connectivity index (χ2v) is 4.49.